The van der Waals surface area contributed by atoms with Crippen LogP contribution in [0.2, 0.25) is 5.02 Å². The lowest BCUT2D eigenvalue weighted by Crippen LogP contribution is -2.51. The molecule has 3 N–H and O–H groups in total. The normalized spacial score (nSPS) is 19.6. The Morgan fingerprint density at radius 1 is 1.24 bits per heavy atom. The van der Waals surface area contributed by atoms with Gasteiger partial charge < -0.3 is 25.4 Å². The Bertz CT molecular complexity index is 718. The van der Waals surface area contributed by atoms with Gasteiger partial charge in [-0.3, -0.25) is 9.69 Å². The van der Waals surface area contributed by atoms with Crippen LogP contribution in [0.3, 0.4) is 0 Å². The molecule has 1 aromatic carbocycles. The second-order valence-corrected chi connectivity index (χ2v) is 8.03. The van der Waals surface area contributed by atoms with Crippen molar-refractivity contribution in [2.45, 2.75) is 25.8 Å². The second-order valence-electron chi connectivity index (χ2n) is 7.60. The van der Waals surface area contributed by atoms with Gasteiger partial charge in [0.2, 0.25) is 5.91 Å². The average Bonchev–Trinajstić information content (AvgIpc) is 2.75. The van der Waals surface area contributed by atoms with E-state index in [0.29, 0.717) is 43.2 Å². The van der Waals surface area contributed by atoms with Crippen molar-refractivity contribution < 1.29 is 19.4 Å². The zero-order chi connectivity index (χ0) is 20.8. The number of carbonyl (C=O) groups excluding carboxylic acids is 2. The quantitative estimate of drug-likeness (QED) is 0.629. The molecular weight excluding hydrogens is 396 g/mol. The van der Waals surface area contributed by atoms with Crippen LogP contribution in [0.15, 0.2) is 18.2 Å². The number of aromatic hydroxyl groups is 1. The van der Waals surface area contributed by atoms with E-state index in [0.717, 1.165) is 26.3 Å². The molecule has 29 heavy (non-hydrogen) atoms. The second kappa shape index (κ2) is 10.1. The number of amides is 3. The predicted molar refractivity (Wildman–Crippen MR) is 111 cm³/mol. The van der Waals surface area contributed by atoms with E-state index in [4.69, 9.17) is 16.3 Å². The highest BCUT2D eigenvalue weighted by molar-refractivity contribution is 6.31. The molecule has 0 aromatic heterocycles. The summed E-state index contributed by atoms with van der Waals surface area (Å²) < 4.78 is 5.36. The molecule has 2 saturated heterocycles. The number of carbonyl (C=O) groups is 2. The van der Waals surface area contributed by atoms with E-state index in [-0.39, 0.29) is 29.6 Å². The zero-order valence-electron chi connectivity index (χ0n) is 16.7. The van der Waals surface area contributed by atoms with E-state index in [2.05, 4.69) is 22.5 Å². The minimum atomic E-state index is -0.204. The number of hydrogen-bond acceptors (Lipinski definition) is 5. The summed E-state index contributed by atoms with van der Waals surface area (Å²) in [6, 6.07) is 4.70. The number of anilines is 1. The summed E-state index contributed by atoms with van der Waals surface area (Å²) >= 11 is 5.92. The van der Waals surface area contributed by atoms with Gasteiger partial charge in [0.05, 0.1) is 18.9 Å². The van der Waals surface area contributed by atoms with Crippen LogP contribution >= 0.6 is 11.6 Å². The molecule has 160 valence electrons. The third-order valence-corrected chi connectivity index (χ3v) is 5.82. The predicted octanol–water partition coefficient (Wildman–Crippen LogP) is 2.13. The number of urea groups is 1. The van der Waals surface area contributed by atoms with Crippen molar-refractivity contribution in [3.8, 4) is 5.75 Å². The minimum Gasteiger partial charge on any atom is -0.506 e. The number of halogens is 1. The first-order valence-electron chi connectivity index (χ1n) is 10.1. The number of phenolic OH excluding ortho intramolecular Hbond substituents is 1. The van der Waals surface area contributed by atoms with E-state index in [1.165, 1.54) is 12.1 Å². The first kappa shape index (κ1) is 21.7. The van der Waals surface area contributed by atoms with Gasteiger partial charge in [-0.2, -0.15) is 0 Å². The zero-order valence-corrected chi connectivity index (χ0v) is 17.5. The van der Waals surface area contributed by atoms with Crippen LogP contribution in [0.4, 0.5) is 10.5 Å². The number of likely N-dealkylation sites (tertiary alicyclic amines) is 1. The smallest absolute Gasteiger partial charge is 0.317 e. The van der Waals surface area contributed by atoms with Crippen molar-refractivity contribution >= 4 is 29.2 Å². The molecule has 0 aliphatic carbocycles. The van der Waals surface area contributed by atoms with Crippen molar-refractivity contribution in [1.29, 1.82) is 0 Å². The lowest BCUT2D eigenvalue weighted by Gasteiger charge is -2.34. The van der Waals surface area contributed by atoms with Crippen molar-refractivity contribution in [3.63, 3.8) is 0 Å². The maximum atomic E-state index is 12.5. The number of hydrogen-bond donors (Lipinski definition) is 3. The highest BCUT2D eigenvalue weighted by atomic mass is 35.5. The first-order valence-corrected chi connectivity index (χ1v) is 10.5. The van der Waals surface area contributed by atoms with Crippen LogP contribution in [-0.2, 0) is 9.53 Å². The fourth-order valence-electron chi connectivity index (χ4n) is 3.68. The summed E-state index contributed by atoms with van der Waals surface area (Å²) in [5, 5.41) is 16.0. The van der Waals surface area contributed by atoms with Crippen molar-refractivity contribution in [2.75, 3.05) is 51.3 Å². The molecule has 9 heteroatoms. The molecule has 3 rings (SSSR count). The maximum Gasteiger partial charge on any atom is 0.317 e. The molecule has 0 bridgehead atoms. The summed E-state index contributed by atoms with van der Waals surface area (Å²) in [5.74, 6) is -0.387. The lowest BCUT2D eigenvalue weighted by molar-refractivity contribution is -0.121. The summed E-state index contributed by atoms with van der Waals surface area (Å²) in [6.07, 6.45) is 1.17. The van der Waals surface area contributed by atoms with Crippen LogP contribution < -0.4 is 10.6 Å². The number of piperidine rings is 1. The third kappa shape index (κ3) is 5.98. The number of nitrogens with one attached hydrogen (secondary N) is 2. The molecular formula is C20H29ClN4O4. The van der Waals surface area contributed by atoms with Gasteiger partial charge >= 0.3 is 6.03 Å². The molecule has 8 nitrogen and oxygen atoms in total. The SMILES string of the molecule is C[C@H](CNC(=O)N1CCC(C(=O)Nc2cc(Cl)ccc2O)CC1)N1CCOCC1. The molecule has 0 saturated carbocycles. The van der Waals surface area contributed by atoms with Gasteiger partial charge in [-0.25, -0.2) is 4.79 Å². The molecule has 1 atom stereocenters. The Balaban J connectivity index is 1.41. The van der Waals surface area contributed by atoms with Gasteiger partial charge in [0, 0.05) is 49.7 Å². The summed E-state index contributed by atoms with van der Waals surface area (Å²) in [7, 11) is 0. The first-order chi connectivity index (χ1) is 13.9. The van der Waals surface area contributed by atoms with E-state index in [1.54, 1.807) is 11.0 Å². The van der Waals surface area contributed by atoms with Crippen LogP contribution in [-0.4, -0.2) is 78.8 Å². The maximum absolute atomic E-state index is 12.5. The van der Waals surface area contributed by atoms with E-state index >= 15 is 0 Å². The molecule has 0 unspecified atom stereocenters. The van der Waals surface area contributed by atoms with Crippen LogP contribution in [0.25, 0.3) is 0 Å². The number of rotatable bonds is 5. The highest BCUT2D eigenvalue weighted by Crippen LogP contribution is 2.28. The Morgan fingerprint density at radius 2 is 1.93 bits per heavy atom. The van der Waals surface area contributed by atoms with E-state index in [1.807, 2.05) is 0 Å². The van der Waals surface area contributed by atoms with Crippen molar-refractivity contribution in [1.82, 2.24) is 15.1 Å². The summed E-state index contributed by atoms with van der Waals surface area (Å²) in [6.45, 7) is 7.00. The number of nitrogens with zero attached hydrogens (tertiary/aromatic N) is 2. The molecule has 2 fully saturated rings. The van der Waals surface area contributed by atoms with Gasteiger partial charge in [0.15, 0.2) is 0 Å². The number of morpholine rings is 1. The highest BCUT2D eigenvalue weighted by Gasteiger charge is 2.28. The largest absolute Gasteiger partial charge is 0.506 e. The Morgan fingerprint density at radius 3 is 2.62 bits per heavy atom. The van der Waals surface area contributed by atoms with E-state index in [9.17, 15) is 14.7 Å². The van der Waals surface area contributed by atoms with Gasteiger partial charge in [-0.1, -0.05) is 11.6 Å². The Hall–Kier alpha value is -2.03. The summed E-state index contributed by atoms with van der Waals surface area (Å²) in [5.41, 5.74) is 0.305. The Kier molecular flexibility index (Phi) is 7.57. The van der Waals surface area contributed by atoms with Gasteiger partial charge in [-0.15, -0.1) is 0 Å². The number of ether oxygens (including phenoxy) is 1. The van der Waals surface area contributed by atoms with E-state index < -0.39 is 0 Å². The monoisotopic (exact) mass is 424 g/mol. The molecule has 0 spiro atoms. The van der Waals surface area contributed by atoms with Crippen LogP contribution in [0.1, 0.15) is 19.8 Å². The van der Waals surface area contributed by atoms with Crippen LogP contribution in [0.5, 0.6) is 5.75 Å². The van der Waals surface area contributed by atoms with Crippen LogP contribution in [0, 0.1) is 5.92 Å². The summed E-state index contributed by atoms with van der Waals surface area (Å²) in [4.78, 5) is 29.0. The third-order valence-electron chi connectivity index (χ3n) is 5.59. The molecule has 2 aliphatic rings. The van der Waals surface area contributed by atoms with Gasteiger partial charge in [-0.05, 0) is 38.0 Å². The molecule has 2 heterocycles. The van der Waals surface area contributed by atoms with Gasteiger partial charge in [0.25, 0.3) is 0 Å². The van der Waals surface area contributed by atoms with Crippen molar-refractivity contribution in [3.05, 3.63) is 23.2 Å². The molecule has 3 amide bonds. The van der Waals surface area contributed by atoms with Crippen molar-refractivity contribution in [2.24, 2.45) is 5.92 Å². The van der Waals surface area contributed by atoms with Gasteiger partial charge in [0.1, 0.15) is 5.75 Å². The average molecular weight is 425 g/mol. The fraction of sp³-hybridized carbons (Fsp3) is 0.600. The Labute approximate surface area is 176 Å². The number of phenols is 1. The fourth-order valence-corrected chi connectivity index (χ4v) is 3.85. The minimum absolute atomic E-state index is 0.0195. The standard InChI is InChI=1S/C20H29ClN4O4/c1-14(24-8-10-29-11-9-24)13-22-20(28)25-6-4-15(5-7-25)19(27)23-17-12-16(21)2-3-18(17)26/h2-3,12,14-15,26H,4-11,13H2,1H3,(H,22,28)(H,23,27)/t14-/m1/s1. The lowest BCUT2D eigenvalue weighted by atomic mass is 9.96. The molecule has 2 aliphatic heterocycles. The molecule has 0 radical (unpaired) electrons. The molecule has 1 aromatic rings. The number of benzene rings is 1. The topological polar surface area (TPSA) is 94.1 Å².